The van der Waals surface area contributed by atoms with Gasteiger partial charge in [-0.3, -0.25) is 4.68 Å². The van der Waals surface area contributed by atoms with E-state index < -0.39 is 0 Å². The van der Waals surface area contributed by atoms with Crippen molar-refractivity contribution in [3.63, 3.8) is 0 Å². The smallest absolute Gasteiger partial charge is 0.191 e. The van der Waals surface area contributed by atoms with Crippen LogP contribution < -0.4 is 10.6 Å². The van der Waals surface area contributed by atoms with Gasteiger partial charge in [0.25, 0.3) is 0 Å². The van der Waals surface area contributed by atoms with Gasteiger partial charge in [-0.25, -0.2) is 4.99 Å². The molecule has 0 fully saturated rings. The topological polar surface area (TPSA) is 54.2 Å². The lowest BCUT2D eigenvalue weighted by atomic mass is 9.86. The molecule has 1 heterocycles. The Kier molecular flexibility index (Phi) is 6.62. The fraction of sp³-hybridized carbons (Fsp3) is 0.500. The van der Waals surface area contributed by atoms with Gasteiger partial charge in [-0.2, -0.15) is 5.10 Å². The van der Waals surface area contributed by atoms with Gasteiger partial charge in [-0.05, 0) is 29.9 Å². The molecule has 0 atom stereocenters. The van der Waals surface area contributed by atoms with Crippen LogP contribution in [0.1, 0.15) is 44.4 Å². The molecule has 0 aliphatic rings. The molecular weight excluding hydrogens is 310 g/mol. The van der Waals surface area contributed by atoms with Crippen LogP contribution in [-0.4, -0.2) is 28.8 Å². The molecule has 0 spiro atoms. The summed E-state index contributed by atoms with van der Waals surface area (Å²) < 4.78 is 1.80. The first-order chi connectivity index (χ1) is 11.9. The first kappa shape index (κ1) is 19.0. The quantitative estimate of drug-likeness (QED) is 0.627. The summed E-state index contributed by atoms with van der Waals surface area (Å²) in [6, 6.07) is 8.91. The highest BCUT2D eigenvalue weighted by Crippen LogP contribution is 2.22. The van der Waals surface area contributed by atoms with E-state index in [1.54, 1.807) is 4.68 Å². The fourth-order valence-electron chi connectivity index (χ4n) is 2.56. The van der Waals surface area contributed by atoms with Crippen LogP contribution >= 0.6 is 0 Å². The average molecular weight is 342 g/mol. The van der Waals surface area contributed by atoms with Gasteiger partial charge in [0, 0.05) is 31.9 Å². The SMILES string of the molecule is CCNC(=NCc1cnn(C)c1)NCCc1ccc(C(C)(C)C)cc1. The van der Waals surface area contributed by atoms with Gasteiger partial charge in [0.2, 0.25) is 0 Å². The highest BCUT2D eigenvalue weighted by atomic mass is 15.2. The highest BCUT2D eigenvalue weighted by molar-refractivity contribution is 5.79. The van der Waals surface area contributed by atoms with Crippen molar-refractivity contribution in [3.8, 4) is 0 Å². The predicted octanol–water partition coefficient (Wildman–Crippen LogP) is 3.02. The summed E-state index contributed by atoms with van der Waals surface area (Å²) in [5, 5.41) is 10.9. The zero-order valence-electron chi connectivity index (χ0n) is 16.1. The van der Waals surface area contributed by atoms with E-state index in [0.29, 0.717) is 6.54 Å². The Morgan fingerprint density at radius 3 is 2.40 bits per heavy atom. The second kappa shape index (κ2) is 8.70. The van der Waals surface area contributed by atoms with Gasteiger partial charge in [0.15, 0.2) is 5.96 Å². The molecule has 0 bridgehead atoms. The fourth-order valence-corrected chi connectivity index (χ4v) is 2.56. The first-order valence-corrected chi connectivity index (χ1v) is 8.97. The van der Waals surface area contributed by atoms with Crippen molar-refractivity contribution in [1.29, 1.82) is 0 Å². The van der Waals surface area contributed by atoms with Gasteiger partial charge >= 0.3 is 0 Å². The van der Waals surface area contributed by atoms with Crippen LogP contribution in [0.5, 0.6) is 0 Å². The molecule has 25 heavy (non-hydrogen) atoms. The number of benzene rings is 1. The number of rotatable bonds is 6. The lowest BCUT2D eigenvalue weighted by Gasteiger charge is -2.19. The number of hydrogen-bond donors (Lipinski definition) is 2. The number of guanidine groups is 1. The normalized spacial score (nSPS) is 12.3. The molecule has 5 nitrogen and oxygen atoms in total. The molecule has 0 aliphatic heterocycles. The van der Waals surface area contributed by atoms with Gasteiger partial charge in [-0.1, -0.05) is 45.0 Å². The van der Waals surface area contributed by atoms with Crippen LogP contribution in [0.3, 0.4) is 0 Å². The van der Waals surface area contributed by atoms with E-state index in [1.165, 1.54) is 11.1 Å². The molecule has 0 aliphatic carbocycles. The number of nitrogens with zero attached hydrogens (tertiary/aromatic N) is 3. The number of nitrogens with one attached hydrogen (secondary N) is 2. The van der Waals surface area contributed by atoms with Crippen LogP contribution in [0.4, 0.5) is 0 Å². The van der Waals surface area contributed by atoms with Crippen LogP contribution in [0.2, 0.25) is 0 Å². The van der Waals surface area contributed by atoms with Crippen molar-refractivity contribution in [2.45, 2.75) is 46.1 Å². The Morgan fingerprint density at radius 2 is 1.84 bits per heavy atom. The molecule has 2 N–H and O–H groups in total. The number of aliphatic imine (C=N–C) groups is 1. The van der Waals surface area contributed by atoms with Gasteiger partial charge in [0.05, 0.1) is 12.7 Å². The third-order valence-corrected chi connectivity index (χ3v) is 4.05. The molecule has 1 aromatic carbocycles. The van der Waals surface area contributed by atoms with E-state index in [0.717, 1.165) is 31.0 Å². The molecule has 0 unspecified atom stereocenters. The number of aromatic nitrogens is 2. The van der Waals surface area contributed by atoms with E-state index in [1.807, 2.05) is 19.4 Å². The van der Waals surface area contributed by atoms with Crippen molar-refractivity contribution < 1.29 is 0 Å². The monoisotopic (exact) mass is 341 g/mol. The van der Waals surface area contributed by atoms with Gasteiger partial charge in [0.1, 0.15) is 0 Å². The van der Waals surface area contributed by atoms with Crippen molar-refractivity contribution in [1.82, 2.24) is 20.4 Å². The van der Waals surface area contributed by atoms with Crippen molar-refractivity contribution in [2.75, 3.05) is 13.1 Å². The molecule has 5 heteroatoms. The average Bonchev–Trinajstić information content (AvgIpc) is 2.98. The minimum absolute atomic E-state index is 0.202. The van der Waals surface area contributed by atoms with E-state index >= 15 is 0 Å². The van der Waals surface area contributed by atoms with Crippen LogP contribution in [0.15, 0.2) is 41.7 Å². The Morgan fingerprint density at radius 1 is 1.12 bits per heavy atom. The van der Waals surface area contributed by atoms with Crippen molar-refractivity contribution >= 4 is 5.96 Å². The summed E-state index contributed by atoms with van der Waals surface area (Å²) in [4.78, 5) is 4.62. The zero-order valence-corrected chi connectivity index (χ0v) is 16.1. The Balaban J connectivity index is 1.86. The maximum atomic E-state index is 4.62. The molecule has 136 valence electrons. The van der Waals surface area contributed by atoms with Gasteiger partial charge in [-0.15, -0.1) is 0 Å². The molecule has 0 radical (unpaired) electrons. The summed E-state index contributed by atoms with van der Waals surface area (Å²) in [5.74, 6) is 0.845. The van der Waals surface area contributed by atoms with Crippen molar-refractivity contribution in [3.05, 3.63) is 53.3 Å². The maximum Gasteiger partial charge on any atom is 0.191 e. The Labute approximate surface area is 151 Å². The van der Waals surface area contributed by atoms with Crippen LogP contribution in [-0.2, 0) is 25.4 Å². The minimum atomic E-state index is 0.202. The van der Waals surface area contributed by atoms with Crippen LogP contribution in [0, 0.1) is 0 Å². The molecule has 0 saturated carbocycles. The summed E-state index contributed by atoms with van der Waals surface area (Å²) in [5.41, 5.74) is 4.02. The zero-order chi connectivity index (χ0) is 18.3. The molecule has 1 aromatic heterocycles. The van der Waals surface area contributed by atoms with Crippen molar-refractivity contribution in [2.24, 2.45) is 12.0 Å². The third kappa shape index (κ3) is 6.25. The van der Waals surface area contributed by atoms with E-state index in [4.69, 9.17) is 0 Å². The molecule has 0 saturated heterocycles. The van der Waals surface area contributed by atoms with E-state index in [9.17, 15) is 0 Å². The second-order valence-electron chi connectivity index (χ2n) is 7.34. The second-order valence-corrected chi connectivity index (χ2v) is 7.34. The Bertz CT molecular complexity index is 677. The molecule has 2 rings (SSSR count). The number of aryl methyl sites for hydroxylation is 1. The lowest BCUT2D eigenvalue weighted by Crippen LogP contribution is -2.38. The minimum Gasteiger partial charge on any atom is -0.357 e. The number of hydrogen-bond acceptors (Lipinski definition) is 2. The molecule has 2 aromatic rings. The highest BCUT2D eigenvalue weighted by Gasteiger charge is 2.12. The van der Waals surface area contributed by atoms with E-state index in [-0.39, 0.29) is 5.41 Å². The van der Waals surface area contributed by atoms with E-state index in [2.05, 4.69) is 72.7 Å². The summed E-state index contributed by atoms with van der Waals surface area (Å²) in [6.07, 6.45) is 4.81. The molecular formula is C20H31N5. The largest absolute Gasteiger partial charge is 0.357 e. The summed E-state index contributed by atoms with van der Waals surface area (Å²) in [6.45, 7) is 11.1. The lowest BCUT2D eigenvalue weighted by molar-refractivity contribution is 0.590. The first-order valence-electron chi connectivity index (χ1n) is 8.97. The van der Waals surface area contributed by atoms with Gasteiger partial charge < -0.3 is 10.6 Å². The standard InChI is InChI=1S/C20H31N5/c1-6-21-19(23-13-17-14-24-25(5)15-17)22-12-11-16-7-9-18(10-8-16)20(2,3)4/h7-10,14-15H,6,11-13H2,1-5H3,(H2,21,22,23). The molecule has 0 amide bonds. The maximum absolute atomic E-state index is 4.62. The Hall–Kier alpha value is -2.30. The summed E-state index contributed by atoms with van der Waals surface area (Å²) >= 11 is 0. The third-order valence-electron chi connectivity index (χ3n) is 4.05. The predicted molar refractivity (Wildman–Crippen MR) is 105 cm³/mol. The van der Waals surface area contributed by atoms with Crippen LogP contribution in [0.25, 0.3) is 0 Å². The summed E-state index contributed by atoms with van der Waals surface area (Å²) in [7, 11) is 1.92.